The quantitative estimate of drug-likeness (QED) is 0.172. The van der Waals surface area contributed by atoms with Crippen LogP contribution in [0.4, 0.5) is 0 Å². The number of nitrogens with zero attached hydrogens (tertiary/aromatic N) is 1. The van der Waals surface area contributed by atoms with Crippen LogP contribution in [-0.2, 0) is 4.79 Å². The van der Waals surface area contributed by atoms with Crippen LogP contribution in [0.5, 0.6) is 17.2 Å². The van der Waals surface area contributed by atoms with Crippen molar-refractivity contribution in [2.75, 3.05) is 13.7 Å². The number of benzene rings is 3. The van der Waals surface area contributed by atoms with E-state index in [9.17, 15) is 9.59 Å². The zero-order valence-corrected chi connectivity index (χ0v) is 20.3. The van der Waals surface area contributed by atoms with Crippen molar-refractivity contribution in [1.29, 1.82) is 0 Å². The van der Waals surface area contributed by atoms with Crippen molar-refractivity contribution in [1.82, 2.24) is 5.43 Å². The SMILES string of the molecule is COc1cc(/C=N/NC(=O)COc2ccc(Cl)cc2Cl)ccc1OC(=O)c1ccc(Br)cc1. The summed E-state index contributed by atoms with van der Waals surface area (Å²) in [6, 6.07) is 16.3. The molecule has 0 aliphatic heterocycles. The van der Waals surface area contributed by atoms with E-state index in [0.717, 1.165) is 4.47 Å². The summed E-state index contributed by atoms with van der Waals surface area (Å²) in [5.74, 6) is -0.0888. The van der Waals surface area contributed by atoms with E-state index in [4.69, 9.17) is 37.4 Å². The number of carbonyl (C=O) groups is 2. The Balaban J connectivity index is 1.56. The highest BCUT2D eigenvalue weighted by molar-refractivity contribution is 9.10. The molecule has 0 fully saturated rings. The van der Waals surface area contributed by atoms with Crippen LogP contribution in [0.25, 0.3) is 0 Å². The number of ether oxygens (including phenoxy) is 3. The second kappa shape index (κ2) is 11.7. The van der Waals surface area contributed by atoms with Crippen LogP contribution >= 0.6 is 39.1 Å². The first-order valence-corrected chi connectivity index (χ1v) is 11.0. The van der Waals surface area contributed by atoms with E-state index in [0.29, 0.717) is 32.7 Å². The van der Waals surface area contributed by atoms with Gasteiger partial charge in [0.1, 0.15) is 5.75 Å². The van der Waals surface area contributed by atoms with Gasteiger partial charge in [-0.25, -0.2) is 10.2 Å². The number of hydrazone groups is 1. The minimum absolute atomic E-state index is 0.250. The molecule has 1 amide bonds. The van der Waals surface area contributed by atoms with Gasteiger partial charge in [0.2, 0.25) is 0 Å². The summed E-state index contributed by atoms with van der Waals surface area (Å²) in [5.41, 5.74) is 3.36. The smallest absolute Gasteiger partial charge is 0.343 e. The number of hydrogen-bond donors (Lipinski definition) is 1. The third-order valence-corrected chi connectivity index (χ3v) is 5.18. The molecule has 0 unspecified atom stereocenters. The molecule has 0 atom stereocenters. The zero-order valence-electron chi connectivity index (χ0n) is 17.2. The molecule has 10 heteroatoms. The van der Waals surface area contributed by atoms with Crippen molar-refractivity contribution in [3.05, 3.63) is 86.3 Å². The lowest BCUT2D eigenvalue weighted by Gasteiger charge is -2.10. The zero-order chi connectivity index (χ0) is 23.8. The fourth-order valence-corrected chi connectivity index (χ4v) is 3.27. The van der Waals surface area contributed by atoms with E-state index < -0.39 is 11.9 Å². The molecule has 1 N–H and O–H groups in total. The minimum atomic E-state index is -0.518. The standard InChI is InChI=1S/C23H17BrCl2N2O5/c1-31-21-10-14(2-8-20(21)33-23(30)15-3-5-16(24)6-4-15)12-27-28-22(29)13-32-19-9-7-17(25)11-18(19)26/h2-12H,13H2,1H3,(H,28,29)/b27-12+. The van der Waals surface area contributed by atoms with Crippen LogP contribution in [0.1, 0.15) is 15.9 Å². The van der Waals surface area contributed by atoms with Gasteiger partial charge in [-0.15, -0.1) is 0 Å². The molecule has 0 heterocycles. The number of nitrogens with one attached hydrogen (secondary N) is 1. The van der Waals surface area contributed by atoms with Crippen LogP contribution in [0.3, 0.4) is 0 Å². The van der Waals surface area contributed by atoms with Gasteiger partial charge in [0.25, 0.3) is 5.91 Å². The molecule has 170 valence electrons. The van der Waals surface area contributed by atoms with Gasteiger partial charge in [-0.1, -0.05) is 39.1 Å². The highest BCUT2D eigenvalue weighted by Crippen LogP contribution is 2.29. The van der Waals surface area contributed by atoms with Gasteiger partial charge in [-0.05, 0) is 66.2 Å². The van der Waals surface area contributed by atoms with E-state index in [1.54, 1.807) is 54.6 Å². The van der Waals surface area contributed by atoms with E-state index in [2.05, 4.69) is 26.5 Å². The Morgan fingerprint density at radius 2 is 1.73 bits per heavy atom. The molecule has 0 radical (unpaired) electrons. The third-order valence-electron chi connectivity index (χ3n) is 4.13. The summed E-state index contributed by atoms with van der Waals surface area (Å²) in [4.78, 5) is 24.3. The van der Waals surface area contributed by atoms with E-state index >= 15 is 0 Å². The predicted octanol–water partition coefficient (Wildman–Crippen LogP) is 5.51. The van der Waals surface area contributed by atoms with Crippen LogP contribution in [0.2, 0.25) is 10.0 Å². The van der Waals surface area contributed by atoms with Crippen molar-refractivity contribution in [2.24, 2.45) is 5.10 Å². The topological polar surface area (TPSA) is 86.2 Å². The summed E-state index contributed by atoms with van der Waals surface area (Å²) >= 11 is 15.1. The summed E-state index contributed by atoms with van der Waals surface area (Å²) in [5, 5.41) is 4.65. The third kappa shape index (κ3) is 7.21. The van der Waals surface area contributed by atoms with E-state index in [1.807, 2.05) is 0 Å². The average Bonchev–Trinajstić information content (AvgIpc) is 2.79. The molecule has 33 heavy (non-hydrogen) atoms. The molecule has 3 aromatic carbocycles. The van der Waals surface area contributed by atoms with Gasteiger partial charge in [-0.2, -0.15) is 5.10 Å². The van der Waals surface area contributed by atoms with Crippen molar-refractivity contribution in [2.45, 2.75) is 0 Å². The average molecular weight is 552 g/mol. The molecular formula is C23H17BrCl2N2O5. The van der Waals surface area contributed by atoms with Crippen molar-refractivity contribution >= 4 is 57.2 Å². The van der Waals surface area contributed by atoms with Gasteiger partial charge in [0, 0.05) is 9.50 Å². The number of esters is 1. The Labute approximate surface area is 208 Å². The number of hydrogen-bond acceptors (Lipinski definition) is 6. The molecule has 7 nitrogen and oxygen atoms in total. The lowest BCUT2D eigenvalue weighted by molar-refractivity contribution is -0.123. The molecule has 0 spiro atoms. The summed E-state index contributed by atoms with van der Waals surface area (Å²) < 4.78 is 16.9. The molecule has 0 saturated heterocycles. The Kier molecular flexibility index (Phi) is 8.71. The second-order valence-electron chi connectivity index (χ2n) is 6.46. The molecule has 0 aliphatic carbocycles. The Morgan fingerprint density at radius 1 is 1.00 bits per heavy atom. The summed E-state index contributed by atoms with van der Waals surface area (Å²) in [6.07, 6.45) is 1.41. The lowest BCUT2D eigenvalue weighted by atomic mass is 10.2. The number of amides is 1. The molecule has 0 aliphatic rings. The van der Waals surface area contributed by atoms with Crippen molar-refractivity contribution in [3.63, 3.8) is 0 Å². The van der Waals surface area contributed by atoms with Crippen LogP contribution in [0, 0.1) is 0 Å². The number of halogens is 3. The van der Waals surface area contributed by atoms with Crippen molar-refractivity contribution in [3.8, 4) is 17.2 Å². The summed E-state index contributed by atoms with van der Waals surface area (Å²) in [6.45, 7) is -0.285. The normalized spacial score (nSPS) is 10.7. The first kappa shape index (κ1) is 24.6. The molecule has 3 aromatic rings. The second-order valence-corrected chi connectivity index (χ2v) is 8.22. The highest BCUT2D eigenvalue weighted by Gasteiger charge is 2.13. The fraction of sp³-hybridized carbons (Fsp3) is 0.0870. The van der Waals surface area contributed by atoms with Crippen LogP contribution in [0.15, 0.2) is 70.2 Å². The molecule has 0 bridgehead atoms. The highest BCUT2D eigenvalue weighted by atomic mass is 79.9. The largest absolute Gasteiger partial charge is 0.493 e. The predicted molar refractivity (Wildman–Crippen MR) is 130 cm³/mol. The Morgan fingerprint density at radius 3 is 2.42 bits per heavy atom. The Bertz CT molecular complexity index is 1190. The minimum Gasteiger partial charge on any atom is -0.493 e. The van der Waals surface area contributed by atoms with Crippen LogP contribution in [-0.4, -0.2) is 31.8 Å². The maximum Gasteiger partial charge on any atom is 0.343 e. The maximum atomic E-state index is 12.3. The number of methoxy groups -OCH3 is 1. The van der Waals surface area contributed by atoms with Gasteiger partial charge < -0.3 is 14.2 Å². The monoisotopic (exact) mass is 550 g/mol. The number of rotatable bonds is 8. The van der Waals surface area contributed by atoms with Gasteiger partial charge in [0.05, 0.1) is 23.9 Å². The number of carbonyl (C=O) groups excluding carboxylic acids is 2. The van der Waals surface area contributed by atoms with E-state index in [-0.39, 0.29) is 12.4 Å². The fourth-order valence-electron chi connectivity index (χ4n) is 2.54. The Hall–Kier alpha value is -3.07. The lowest BCUT2D eigenvalue weighted by Crippen LogP contribution is -2.24. The van der Waals surface area contributed by atoms with Gasteiger partial charge >= 0.3 is 5.97 Å². The van der Waals surface area contributed by atoms with Gasteiger partial charge in [-0.3, -0.25) is 4.79 Å². The first-order valence-electron chi connectivity index (χ1n) is 9.41. The van der Waals surface area contributed by atoms with Gasteiger partial charge in [0.15, 0.2) is 18.1 Å². The molecule has 0 saturated carbocycles. The molecule has 3 rings (SSSR count). The van der Waals surface area contributed by atoms with E-state index in [1.165, 1.54) is 19.4 Å². The van der Waals surface area contributed by atoms with Crippen LogP contribution < -0.4 is 19.6 Å². The maximum absolute atomic E-state index is 12.3. The molecule has 0 aromatic heterocycles. The van der Waals surface area contributed by atoms with Crippen molar-refractivity contribution < 1.29 is 23.8 Å². The summed E-state index contributed by atoms with van der Waals surface area (Å²) in [7, 11) is 1.45. The first-order chi connectivity index (χ1) is 15.9. The molecular weight excluding hydrogens is 535 g/mol.